The Balaban J connectivity index is 1.62. The third-order valence-electron chi connectivity index (χ3n) is 4.74. The molecular weight excluding hydrogens is 414 g/mol. The molecule has 1 aliphatic rings. The highest BCUT2D eigenvalue weighted by Gasteiger charge is 2.33. The predicted octanol–water partition coefficient (Wildman–Crippen LogP) is 4.68. The van der Waals surface area contributed by atoms with Crippen LogP contribution in [0, 0.1) is 11.6 Å². The van der Waals surface area contributed by atoms with Crippen LogP contribution in [0.3, 0.4) is 0 Å². The molecule has 0 unspecified atom stereocenters. The first kappa shape index (κ1) is 20.5. The lowest BCUT2D eigenvalue weighted by atomic mass is 10.2. The summed E-state index contributed by atoms with van der Waals surface area (Å²) in [5.41, 5.74) is -0.235. The number of rotatable bonds is 2. The Labute approximate surface area is 176 Å². The van der Waals surface area contributed by atoms with Crippen molar-refractivity contribution in [2.75, 3.05) is 24.5 Å². The number of anilines is 1. The molecule has 7 nitrogen and oxygen atoms in total. The summed E-state index contributed by atoms with van der Waals surface area (Å²) in [5, 5.41) is 2.27. The first-order valence-corrected chi connectivity index (χ1v) is 10.4. The number of hydrogen-bond donors (Lipinski definition) is 0. The van der Waals surface area contributed by atoms with E-state index >= 15 is 0 Å². The van der Waals surface area contributed by atoms with E-state index in [2.05, 4.69) is 9.97 Å². The van der Waals surface area contributed by atoms with E-state index in [0.717, 1.165) is 6.07 Å². The summed E-state index contributed by atoms with van der Waals surface area (Å²) in [5.74, 6) is -2.06. The van der Waals surface area contributed by atoms with Crippen LogP contribution in [0.5, 0.6) is 0 Å². The van der Waals surface area contributed by atoms with Gasteiger partial charge < -0.3 is 19.0 Å². The minimum atomic E-state index is -1.06. The van der Waals surface area contributed by atoms with Gasteiger partial charge in [-0.2, -0.15) is 4.98 Å². The van der Waals surface area contributed by atoms with E-state index in [1.807, 2.05) is 32.6 Å². The average Bonchev–Trinajstić information content (AvgIpc) is 3.33. The summed E-state index contributed by atoms with van der Waals surface area (Å²) in [6.07, 6.45) is 1.20. The van der Waals surface area contributed by atoms with E-state index < -0.39 is 17.2 Å². The van der Waals surface area contributed by atoms with Gasteiger partial charge in [-0.1, -0.05) is 0 Å². The molecule has 4 rings (SSSR count). The number of aromatic nitrogens is 2. The van der Waals surface area contributed by atoms with E-state index in [9.17, 15) is 13.6 Å². The second kappa shape index (κ2) is 7.50. The van der Waals surface area contributed by atoms with Gasteiger partial charge in [-0.25, -0.2) is 18.6 Å². The van der Waals surface area contributed by atoms with Gasteiger partial charge in [0, 0.05) is 37.3 Å². The van der Waals surface area contributed by atoms with Crippen molar-refractivity contribution in [3.05, 3.63) is 29.3 Å². The monoisotopic (exact) mass is 436 g/mol. The molecule has 1 amide bonds. The van der Waals surface area contributed by atoms with Gasteiger partial charge in [0.05, 0.1) is 5.56 Å². The van der Waals surface area contributed by atoms with Crippen LogP contribution in [-0.2, 0) is 4.74 Å². The Bertz CT molecular complexity index is 1080. The van der Waals surface area contributed by atoms with Gasteiger partial charge in [0.2, 0.25) is 0 Å². The minimum Gasteiger partial charge on any atom is -0.444 e. The molecule has 0 aliphatic carbocycles. The summed E-state index contributed by atoms with van der Waals surface area (Å²) < 4.78 is 39.9. The second-order valence-electron chi connectivity index (χ2n) is 8.20. The molecule has 0 N–H and O–H groups in total. The fourth-order valence-corrected chi connectivity index (χ4v) is 4.03. The molecule has 0 radical (unpaired) electrons. The third kappa shape index (κ3) is 3.83. The summed E-state index contributed by atoms with van der Waals surface area (Å²) in [6, 6.07) is 1.11. The zero-order valence-electron chi connectivity index (χ0n) is 17.1. The van der Waals surface area contributed by atoms with Gasteiger partial charge in [0.15, 0.2) is 22.7 Å². The maximum atomic E-state index is 14.4. The van der Waals surface area contributed by atoms with Crippen molar-refractivity contribution in [3.63, 3.8) is 0 Å². The van der Waals surface area contributed by atoms with Gasteiger partial charge in [-0.15, -0.1) is 11.3 Å². The highest BCUT2D eigenvalue weighted by atomic mass is 32.1. The maximum absolute atomic E-state index is 14.4. The molecule has 1 aliphatic heterocycles. The van der Waals surface area contributed by atoms with Crippen molar-refractivity contribution >= 4 is 34.5 Å². The van der Waals surface area contributed by atoms with Crippen molar-refractivity contribution in [2.45, 2.75) is 39.3 Å². The topological polar surface area (TPSA) is 71.7 Å². The number of ether oxygens (including phenoxy) is 1. The molecule has 0 spiro atoms. The Morgan fingerprint density at radius 3 is 2.73 bits per heavy atom. The number of halogens is 2. The van der Waals surface area contributed by atoms with Gasteiger partial charge >= 0.3 is 6.09 Å². The smallest absolute Gasteiger partial charge is 0.410 e. The van der Waals surface area contributed by atoms with Gasteiger partial charge in [0.25, 0.3) is 6.01 Å². The molecule has 0 bridgehead atoms. The van der Waals surface area contributed by atoms with Crippen LogP contribution >= 0.6 is 11.3 Å². The number of hydrogen-bond acceptors (Lipinski definition) is 7. The standard InChI is InChI=1S/C20H22F2N4O3S/c1-11-10-25(19(27)29-20(2,3)4)6-7-26(11)18-24-15-14(22)13(21)9-12(16(15)28-18)17-23-5-8-30-17/h5,8-9,11H,6-7,10H2,1-4H3/t11-/m0/s1. The summed E-state index contributed by atoms with van der Waals surface area (Å²) >= 11 is 1.30. The average molecular weight is 436 g/mol. The molecule has 3 aromatic rings. The van der Waals surface area contributed by atoms with E-state index in [0.29, 0.717) is 30.2 Å². The van der Waals surface area contributed by atoms with E-state index in [-0.39, 0.29) is 29.2 Å². The van der Waals surface area contributed by atoms with Crippen LogP contribution in [0.1, 0.15) is 27.7 Å². The summed E-state index contributed by atoms with van der Waals surface area (Å²) in [4.78, 5) is 24.2. The third-order valence-corrected chi connectivity index (χ3v) is 5.54. The number of carbonyl (C=O) groups excluding carboxylic acids is 1. The predicted molar refractivity (Wildman–Crippen MR) is 110 cm³/mol. The number of amides is 1. The first-order chi connectivity index (χ1) is 14.1. The Hall–Kier alpha value is -2.75. The van der Waals surface area contributed by atoms with Crippen molar-refractivity contribution in [1.29, 1.82) is 0 Å². The number of piperazine rings is 1. The Morgan fingerprint density at radius 1 is 1.33 bits per heavy atom. The number of oxazole rings is 1. The highest BCUT2D eigenvalue weighted by molar-refractivity contribution is 7.13. The van der Waals surface area contributed by atoms with Crippen molar-refractivity contribution < 1.29 is 22.7 Å². The molecule has 1 saturated heterocycles. The van der Waals surface area contributed by atoms with Crippen LogP contribution in [0.15, 0.2) is 22.1 Å². The molecule has 2 aromatic heterocycles. The van der Waals surface area contributed by atoms with Crippen LogP contribution in [0.4, 0.5) is 19.6 Å². The van der Waals surface area contributed by atoms with E-state index in [1.54, 1.807) is 16.5 Å². The summed E-state index contributed by atoms with van der Waals surface area (Å²) in [7, 11) is 0. The number of carbonyl (C=O) groups is 1. The lowest BCUT2D eigenvalue weighted by Crippen LogP contribution is -2.54. The molecule has 1 fully saturated rings. The SMILES string of the molecule is C[C@H]1CN(C(=O)OC(C)(C)C)CCN1c1nc2c(F)c(F)cc(-c3nccs3)c2o1. The first-order valence-electron chi connectivity index (χ1n) is 9.57. The van der Waals surface area contributed by atoms with E-state index in [1.165, 1.54) is 11.3 Å². The Kier molecular flexibility index (Phi) is 5.13. The molecule has 30 heavy (non-hydrogen) atoms. The molecule has 160 valence electrons. The minimum absolute atomic E-state index is 0.153. The van der Waals surface area contributed by atoms with Crippen LogP contribution in [-0.4, -0.2) is 52.2 Å². The molecule has 1 aromatic carbocycles. The largest absolute Gasteiger partial charge is 0.444 e. The Morgan fingerprint density at radius 2 is 2.10 bits per heavy atom. The van der Waals surface area contributed by atoms with Crippen molar-refractivity contribution in [3.8, 4) is 10.6 Å². The fraction of sp³-hybridized carbons (Fsp3) is 0.450. The number of fused-ring (bicyclic) bond motifs is 1. The molecule has 3 heterocycles. The lowest BCUT2D eigenvalue weighted by Gasteiger charge is -2.39. The van der Waals surface area contributed by atoms with Crippen LogP contribution in [0.25, 0.3) is 21.7 Å². The van der Waals surface area contributed by atoms with Crippen LogP contribution < -0.4 is 4.90 Å². The zero-order chi connectivity index (χ0) is 21.6. The zero-order valence-corrected chi connectivity index (χ0v) is 17.9. The lowest BCUT2D eigenvalue weighted by molar-refractivity contribution is 0.0216. The quantitative estimate of drug-likeness (QED) is 0.581. The van der Waals surface area contributed by atoms with E-state index in [4.69, 9.17) is 9.15 Å². The maximum Gasteiger partial charge on any atom is 0.410 e. The number of benzene rings is 1. The van der Waals surface area contributed by atoms with Crippen LogP contribution in [0.2, 0.25) is 0 Å². The van der Waals surface area contributed by atoms with Gasteiger partial charge in [-0.3, -0.25) is 0 Å². The van der Waals surface area contributed by atoms with Gasteiger partial charge in [0.1, 0.15) is 10.6 Å². The van der Waals surface area contributed by atoms with Crippen molar-refractivity contribution in [1.82, 2.24) is 14.9 Å². The second-order valence-corrected chi connectivity index (χ2v) is 9.09. The molecule has 1 atom stereocenters. The summed E-state index contributed by atoms with van der Waals surface area (Å²) in [6.45, 7) is 8.57. The number of thiazole rings is 1. The molecule has 0 saturated carbocycles. The highest BCUT2D eigenvalue weighted by Crippen LogP contribution is 2.36. The normalized spacial score (nSPS) is 17.6. The number of nitrogens with zero attached hydrogens (tertiary/aromatic N) is 4. The fourth-order valence-electron chi connectivity index (χ4n) is 3.38. The van der Waals surface area contributed by atoms with Crippen molar-refractivity contribution in [2.24, 2.45) is 0 Å². The van der Waals surface area contributed by atoms with Gasteiger partial charge in [-0.05, 0) is 33.8 Å². The molecule has 10 heteroatoms. The molecular formula is C20H22F2N4O3S.